The summed E-state index contributed by atoms with van der Waals surface area (Å²) in [6, 6.07) is 4.63. The van der Waals surface area contributed by atoms with E-state index in [-0.39, 0.29) is 11.3 Å². The number of nitrogens with one attached hydrogen (secondary N) is 1. The first kappa shape index (κ1) is 15.0. The Morgan fingerprint density at radius 2 is 1.89 bits per heavy atom. The Balaban J connectivity index is 2.77. The molecule has 1 rings (SSSR count). The lowest BCUT2D eigenvalue weighted by Crippen LogP contribution is -2.22. The zero-order valence-corrected chi connectivity index (χ0v) is 11.6. The highest BCUT2D eigenvalue weighted by atomic mass is 16.4. The van der Waals surface area contributed by atoms with Gasteiger partial charge in [0.25, 0.3) is 0 Å². The quantitative estimate of drug-likeness (QED) is 0.839. The minimum Gasteiger partial charge on any atom is -0.545 e. The van der Waals surface area contributed by atoms with E-state index in [0.717, 1.165) is 11.3 Å². The lowest BCUT2D eigenvalue weighted by atomic mass is 9.91. The number of ketones is 1. The number of rotatable bonds is 4. The molecule has 1 aromatic rings. The maximum atomic E-state index is 11.7. The summed E-state index contributed by atoms with van der Waals surface area (Å²) in [7, 11) is 0. The number of carbonyl (C=O) groups excluding carboxylic acids is 2. The third-order valence-corrected chi connectivity index (χ3v) is 2.67. The molecular formula is C15H18NO3-. The van der Waals surface area contributed by atoms with Gasteiger partial charge in [0.15, 0.2) is 5.78 Å². The molecule has 0 amide bonds. The van der Waals surface area contributed by atoms with Gasteiger partial charge in [-0.15, -0.1) is 0 Å². The minimum atomic E-state index is -1.20. The van der Waals surface area contributed by atoms with Gasteiger partial charge < -0.3 is 15.2 Å². The molecule has 0 saturated heterocycles. The molecule has 0 aliphatic rings. The van der Waals surface area contributed by atoms with Crippen LogP contribution in [-0.4, -0.2) is 11.8 Å². The van der Waals surface area contributed by atoms with E-state index in [1.165, 1.54) is 18.2 Å². The van der Waals surface area contributed by atoms with Crippen LogP contribution in [0.5, 0.6) is 0 Å². The first-order valence-electron chi connectivity index (χ1n) is 6.01. The molecule has 19 heavy (non-hydrogen) atoms. The fraction of sp³-hybridized carbons (Fsp3) is 0.333. The summed E-state index contributed by atoms with van der Waals surface area (Å²) in [6.45, 7) is 7.33. The fourth-order valence-corrected chi connectivity index (χ4v) is 1.41. The third kappa shape index (κ3) is 4.25. The molecule has 0 heterocycles. The Hall–Kier alpha value is -2.10. The molecule has 0 saturated carbocycles. The standard InChI is InChI=1S/C15H19NO3/c1-10-9-11(14(18)19)5-6-12(10)16-8-7-13(17)15(2,3)4/h5-9,16H,1-4H3,(H,18,19)/p-1/b8-7+. The van der Waals surface area contributed by atoms with Gasteiger partial charge in [0.2, 0.25) is 0 Å². The van der Waals surface area contributed by atoms with Crippen LogP contribution < -0.4 is 10.4 Å². The Morgan fingerprint density at radius 1 is 1.26 bits per heavy atom. The zero-order chi connectivity index (χ0) is 14.6. The normalized spacial score (nSPS) is 11.6. The van der Waals surface area contributed by atoms with Crippen molar-refractivity contribution in [3.63, 3.8) is 0 Å². The van der Waals surface area contributed by atoms with Crippen molar-refractivity contribution in [1.82, 2.24) is 0 Å². The monoisotopic (exact) mass is 260 g/mol. The van der Waals surface area contributed by atoms with Gasteiger partial charge in [-0.05, 0) is 36.3 Å². The topological polar surface area (TPSA) is 69.2 Å². The largest absolute Gasteiger partial charge is 0.545 e. The molecule has 1 aromatic carbocycles. The average molecular weight is 260 g/mol. The van der Waals surface area contributed by atoms with E-state index in [1.54, 1.807) is 19.2 Å². The maximum Gasteiger partial charge on any atom is 0.162 e. The minimum absolute atomic E-state index is 0.0176. The fourth-order valence-electron chi connectivity index (χ4n) is 1.41. The lowest BCUT2D eigenvalue weighted by molar-refractivity contribution is -0.255. The van der Waals surface area contributed by atoms with Gasteiger partial charge in [0, 0.05) is 17.3 Å². The predicted octanol–water partition coefficient (Wildman–Crippen LogP) is 1.90. The first-order valence-corrected chi connectivity index (χ1v) is 6.01. The molecule has 0 atom stereocenters. The molecule has 0 bridgehead atoms. The second-order valence-corrected chi connectivity index (χ2v) is 5.41. The van der Waals surface area contributed by atoms with Crippen molar-refractivity contribution in [2.75, 3.05) is 5.32 Å². The van der Waals surface area contributed by atoms with Gasteiger partial charge in [-0.1, -0.05) is 26.8 Å². The van der Waals surface area contributed by atoms with Crippen molar-refractivity contribution >= 4 is 17.4 Å². The van der Waals surface area contributed by atoms with Gasteiger partial charge in [-0.25, -0.2) is 0 Å². The molecule has 102 valence electrons. The summed E-state index contributed by atoms with van der Waals surface area (Å²) >= 11 is 0. The molecule has 0 aliphatic carbocycles. The summed E-state index contributed by atoms with van der Waals surface area (Å²) < 4.78 is 0. The van der Waals surface area contributed by atoms with Gasteiger partial charge in [0.1, 0.15) is 0 Å². The highest BCUT2D eigenvalue weighted by Gasteiger charge is 2.17. The Kier molecular flexibility index (Phi) is 4.48. The predicted molar refractivity (Wildman–Crippen MR) is 72.7 cm³/mol. The third-order valence-electron chi connectivity index (χ3n) is 2.67. The number of hydrogen-bond donors (Lipinski definition) is 1. The Bertz CT molecular complexity index is 525. The number of carboxylic acids is 1. The van der Waals surface area contributed by atoms with Crippen LogP contribution in [0.1, 0.15) is 36.7 Å². The van der Waals surface area contributed by atoms with Crippen LogP contribution in [0.15, 0.2) is 30.5 Å². The zero-order valence-electron chi connectivity index (χ0n) is 11.6. The highest BCUT2D eigenvalue weighted by molar-refractivity contribution is 5.94. The van der Waals surface area contributed by atoms with E-state index in [4.69, 9.17) is 0 Å². The van der Waals surface area contributed by atoms with Crippen molar-refractivity contribution in [2.45, 2.75) is 27.7 Å². The number of aromatic carboxylic acids is 1. The number of benzene rings is 1. The van der Waals surface area contributed by atoms with E-state index < -0.39 is 11.4 Å². The molecule has 4 heteroatoms. The summed E-state index contributed by atoms with van der Waals surface area (Å²) in [5.74, 6) is -1.18. The first-order chi connectivity index (χ1) is 8.71. The van der Waals surface area contributed by atoms with Crippen LogP contribution in [0.3, 0.4) is 0 Å². The van der Waals surface area contributed by atoms with Crippen LogP contribution in [-0.2, 0) is 4.79 Å². The number of hydrogen-bond acceptors (Lipinski definition) is 4. The van der Waals surface area contributed by atoms with Crippen molar-refractivity contribution in [3.05, 3.63) is 41.6 Å². The Labute approximate surface area is 113 Å². The number of anilines is 1. The SMILES string of the molecule is Cc1cc(C(=O)[O-])ccc1N/C=C/C(=O)C(C)(C)C. The smallest absolute Gasteiger partial charge is 0.162 e. The number of allylic oxidation sites excluding steroid dienone is 1. The van der Waals surface area contributed by atoms with Gasteiger partial charge in [-0.3, -0.25) is 4.79 Å². The van der Waals surface area contributed by atoms with Crippen molar-refractivity contribution in [3.8, 4) is 0 Å². The van der Waals surface area contributed by atoms with Crippen LogP contribution in [0.2, 0.25) is 0 Å². The summed E-state index contributed by atoms with van der Waals surface area (Å²) in [5.41, 5.74) is 1.25. The van der Waals surface area contributed by atoms with Crippen molar-refractivity contribution < 1.29 is 14.7 Å². The van der Waals surface area contributed by atoms with E-state index in [1.807, 2.05) is 20.8 Å². The summed E-state index contributed by atoms with van der Waals surface area (Å²) in [5, 5.41) is 13.7. The van der Waals surface area contributed by atoms with E-state index >= 15 is 0 Å². The molecule has 4 nitrogen and oxygen atoms in total. The second kappa shape index (κ2) is 5.69. The molecule has 0 unspecified atom stereocenters. The van der Waals surface area contributed by atoms with E-state index in [0.29, 0.717) is 0 Å². The average Bonchev–Trinajstić information content (AvgIpc) is 2.29. The highest BCUT2D eigenvalue weighted by Crippen LogP contribution is 2.17. The number of aryl methyl sites for hydroxylation is 1. The molecule has 0 radical (unpaired) electrons. The Morgan fingerprint density at radius 3 is 2.37 bits per heavy atom. The molecule has 1 N–H and O–H groups in total. The van der Waals surface area contributed by atoms with Gasteiger partial charge in [-0.2, -0.15) is 0 Å². The molecule has 0 aromatic heterocycles. The molecular weight excluding hydrogens is 242 g/mol. The van der Waals surface area contributed by atoms with E-state index in [9.17, 15) is 14.7 Å². The van der Waals surface area contributed by atoms with Crippen molar-refractivity contribution in [2.24, 2.45) is 5.41 Å². The molecule has 0 spiro atoms. The molecule has 0 fully saturated rings. The van der Waals surface area contributed by atoms with Crippen LogP contribution >= 0.6 is 0 Å². The number of carbonyl (C=O) groups is 2. The van der Waals surface area contributed by atoms with Crippen LogP contribution in [0, 0.1) is 12.3 Å². The lowest BCUT2D eigenvalue weighted by Gasteiger charge is -2.13. The number of carboxylic acid groups (broad SMARTS) is 1. The summed E-state index contributed by atoms with van der Waals surface area (Å²) in [6.07, 6.45) is 3.04. The van der Waals surface area contributed by atoms with Gasteiger partial charge >= 0.3 is 0 Å². The van der Waals surface area contributed by atoms with Crippen LogP contribution in [0.4, 0.5) is 5.69 Å². The van der Waals surface area contributed by atoms with Crippen LogP contribution in [0.25, 0.3) is 0 Å². The summed E-state index contributed by atoms with van der Waals surface area (Å²) in [4.78, 5) is 22.4. The maximum absolute atomic E-state index is 11.7. The van der Waals surface area contributed by atoms with E-state index in [2.05, 4.69) is 5.32 Å². The van der Waals surface area contributed by atoms with Crippen molar-refractivity contribution in [1.29, 1.82) is 0 Å². The second-order valence-electron chi connectivity index (χ2n) is 5.41. The van der Waals surface area contributed by atoms with Gasteiger partial charge in [0.05, 0.1) is 5.97 Å². The molecule has 0 aliphatic heterocycles.